The highest BCUT2D eigenvalue weighted by Crippen LogP contribution is 1.93. The maximum absolute atomic E-state index is 8.67. The molecule has 0 aromatic carbocycles. The van der Waals surface area contributed by atoms with Crippen LogP contribution in [0.1, 0.15) is 6.42 Å². The third-order valence-electron chi connectivity index (χ3n) is 2.21. The van der Waals surface area contributed by atoms with Crippen molar-refractivity contribution in [1.29, 1.82) is 0 Å². The maximum Gasteiger partial charge on any atom is 0.233 e. The highest BCUT2D eigenvalue weighted by atomic mass is 16.3. The molecule has 0 bridgehead atoms. The molecule has 1 atom stereocenters. The van der Waals surface area contributed by atoms with Gasteiger partial charge in [0.15, 0.2) is 0 Å². The number of aromatic nitrogens is 3. The zero-order valence-electron chi connectivity index (χ0n) is 8.37. The van der Waals surface area contributed by atoms with Crippen LogP contribution in [-0.2, 0) is 0 Å². The Morgan fingerprint density at radius 3 is 2.80 bits per heavy atom. The summed E-state index contributed by atoms with van der Waals surface area (Å²) in [5, 5.41) is 11.7. The number of fused-ring (bicyclic) bond motifs is 1. The van der Waals surface area contributed by atoms with Crippen molar-refractivity contribution in [2.45, 2.75) is 12.5 Å². The second kappa shape index (κ2) is 4.86. The molecule has 1 aliphatic rings. The summed E-state index contributed by atoms with van der Waals surface area (Å²) in [6.45, 7) is 1.78. The maximum atomic E-state index is 8.67. The van der Waals surface area contributed by atoms with Gasteiger partial charge in [-0.15, -0.1) is 0 Å². The molecule has 0 aliphatic carbocycles. The van der Waals surface area contributed by atoms with Crippen LogP contribution in [0, 0.1) is 0 Å². The van der Waals surface area contributed by atoms with Gasteiger partial charge in [0, 0.05) is 31.3 Å². The van der Waals surface area contributed by atoms with E-state index < -0.39 is 0 Å². The number of hydrogen-bond acceptors (Lipinski definition) is 4. The largest absolute Gasteiger partial charge is 0.392 e. The molecule has 3 heterocycles. The van der Waals surface area contributed by atoms with Gasteiger partial charge in [-0.05, 0) is 19.0 Å². The molecule has 1 unspecified atom stereocenters. The van der Waals surface area contributed by atoms with Crippen molar-refractivity contribution in [3.05, 3.63) is 30.9 Å². The van der Waals surface area contributed by atoms with Crippen molar-refractivity contribution in [1.82, 2.24) is 19.7 Å². The standard InChI is InChI=1S/C6H5N3.C4H9NO/c1-2-7-6-8-3-5-9(6)4-1;6-4-1-2-5-3-4/h1-5H;4-6H,1-3H2. The number of hydrogen-bond donors (Lipinski definition) is 2. The highest BCUT2D eigenvalue weighted by molar-refractivity contribution is 5.25. The van der Waals surface area contributed by atoms with E-state index in [1.165, 1.54) is 0 Å². The number of rotatable bonds is 0. The first-order chi connectivity index (χ1) is 7.36. The van der Waals surface area contributed by atoms with E-state index in [-0.39, 0.29) is 6.10 Å². The Morgan fingerprint density at radius 1 is 1.33 bits per heavy atom. The molecule has 0 saturated carbocycles. The predicted molar refractivity (Wildman–Crippen MR) is 56.5 cm³/mol. The van der Waals surface area contributed by atoms with Crippen molar-refractivity contribution in [2.75, 3.05) is 13.1 Å². The topological polar surface area (TPSA) is 62.5 Å². The summed E-state index contributed by atoms with van der Waals surface area (Å²) in [5.41, 5.74) is 0. The molecule has 15 heavy (non-hydrogen) atoms. The third-order valence-corrected chi connectivity index (χ3v) is 2.21. The van der Waals surface area contributed by atoms with Crippen molar-refractivity contribution in [3.63, 3.8) is 0 Å². The Hall–Kier alpha value is -1.46. The lowest BCUT2D eigenvalue weighted by molar-refractivity contribution is 0.196. The molecule has 2 aromatic heterocycles. The monoisotopic (exact) mass is 206 g/mol. The molecule has 3 rings (SSSR count). The first kappa shape index (κ1) is 10.1. The number of aliphatic hydroxyl groups excluding tert-OH is 1. The SMILES string of the molecule is OC1CCNC1.c1cnc2nccn2c1. The van der Waals surface area contributed by atoms with Crippen molar-refractivity contribution < 1.29 is 5.11 Å². The molecule has 2 N–H and O–H groups in total. The summed E-state index contributed by atoms with van der Waals surface area (Å²) < 4.78 is 1.86. The molecule has 0 radical (unpaired) electrons. The lowest BCUT2D eigenvalue weighted by atomic mass is 10.3. The lowest BCUT2D eigenvalue weighted by Gasteiger charge is -1.90. The van der Waals surface area contributed by atoms with E-state index in [2.05, 4.69) is 15.3 Å². The van der Waals surface area contributed by atoms with Crippen LogP contribution < -0.4 is 5.32 Å². The summed E-state index contributed by atoms with van der Waals surface area (Å²) in [6.07, 6.45) is 8.09. The molecule has 1 aliphatic heterocycles. The van der Waals surface area contributed by atoms with Gasteiger partial charge < -0.3 is 10.4 Å². The van der Waals surface area contributed by atoms with Crippen molar-refractivity contribution >= 4 is 5.78 Å². The van der Waals surface area contributed by atoms with E-state index in [0.717, 1.165) is 25.3 Å². The molecular weight excluding hydrogens is 192 g/mol. The van der Waals surface area contributed by atoms with E-state index in [1.807, 2.05) is 22.9 Å². The fourth-order valence-electron chi connectivity index (χ4n) is 1.40. The smallest absolute Gasteiger partial charge is 0.233 e. The Balaban J connectivity index is 0.000000124. The normalized spacial score (nSPS) is 19.9. The number of imidazole rings is 1. The van der Waals surface area contributed by atoms with E-state index in [4.69, 9.17) is 5.11 Å². The molecule has 1 fully saturated rings. The first-order valence-electron chi connectivity index (χ1n) is 4.99. The summed E-state index contributed by atoms with van der Waals surface area (Å²) in [7, 11) is 0. The van der Waals surface area contributed by atoms with E-state index in [9.17, 15) is 0 Å². The van der Waals surface area contributed by atoms with Gasteiger partial charge >= 0.3 is 0 Å². The summed E-state index contributed by atoms with van der Waals surface area (Å²) in [5.74, 6) is 0.748. The molecule has 5 heteroatoms. The summed E-state index contributed by atoms with van der Waals surface area (Å²) in [4.78, 5) is 7.96. The van der Waals surface area contributed by atoms with E-state index >= 15 is 0 Å². The zero-order chi connectivity index (χ0) is 10.5. The van der Waals surface area contributed by atoms with Crippen LogP contribution in [0.4, 0.5) is 0 Å². The van der Waals surface area contributed by atoms with Gasteiger partial charge in [-0.3, -0.25) is 4.40 Å². The average molecular weight is 206 g/mol. The van der Waals surface area contributed by atoms with Gasteiger partial charge in [-0.25, -0.2) is 9.97 Å². The molecule has 0 spiro atoms. The number of nitrogens with one attached hydrogen (secondary N) is 1. The van der Waals surface area contributed by atoms with Gasteiger partial charge in [0.25, 0.3) is 0 Å². The van der Waals surface area contributed by atoms with Crippen LogP contribution in [0.15, 0.2) is 30.9 Å². The quantitative estimate of drug-likeness (QED) is 0.640. The van der Waals surface area contributed by atoms with Gasteiger partial charge in [0.05, 0.1) is 6.10 Å². The second-order valence-corrected chi connectivity index (χ2v) is 3.40. The average Bonchev–Trinajstić information content (AvgIpc) is 2.88. The van der Waals surface area contributed by atoms with E-state index in [0.29, 0.717) is 0 Å². The Morgan fingerprint density at radius 2 is 2.20 bits per heavy atom. The molecular formula is C10H14N4O. The Bertz CT molecular complexity index is 378. The number of nitrogens with zero attached hydrogens (tertiary/aromatic N) is 3. The van der Waals surface area contributed by atoms with Crippen molar-refractivity contribution in [2.24, 2.45) is 0 Å². The summed E-state index contributed by atoms with van der Waals surface area (Å²) >= 11 is 0. The van der Waals surface area contributed by atoms with Gasteiger partial charge in [-0.2, -0.15) is 0 Å². The number of β-amino-alcohol motifs (C(OH)–C–C–N with tert-alkyl or cyclic N) is 1. The fraction of sp³-hybridized carbons (Fsp3) is 0.400. The van der Waals surface area contributed by atoms with Gasteiger partial charge in [-0.1, -0.05) is 0 Å². The van der Waals surface area contributed by atoms with Crippen LogP contribution in [0.5, 0.6) is 0 Å². The van der Waals surface area contributed by atoms with Gasteiger partial charge in [0.1, 0.15) is 0 Å². The predicted octanol–water partition coefficient (Wildman–Crippen LogP) is 0.0699. The van der Waals surface area contributed by atoms with Crippen LogP contribution in [-0.4, -0.2) is 38.7 Å². The summed E-state index contributed by atoms with van der Waals surface area (Å²) in [6, 6.07) is 1.87. The van der Waals surface area contributed by atoms with Crippen LogP contribution >= 0.6 is 0 Å². The Labute approximate surface area is 87.8 Å². The minimum Gasteiger partial charge on any atom is -0.392 e. The van der Waals surface area contributed by atoms with E-state index in [1.54, 1.807) is 12.4 Å². The number of aliphatic hydroxyl groups is 1. The fourth-order valence-corrected chi connectivity index (χ4v) is 1.40. The van der Waals surface area contributed by atoms with Crippen molar-refractivity contribution in [3.8, 4) is 0 Å². The molecule has 1 saturated heterocycles. The van der Waals surface area contributed by atoms with Gasteiger partial charge in [0.2, 0.25) is 5.78 Å². The molecule has 2 aromatic rings. The lowest BCUT2D eigenvalue weighted by Crippen LogP contribution is -2.11. The van der Waals surface area contributed by atoms with Crippen LogP contribution in [0.2, 0.25) is 0 Å². The third kappa shape index (κ3) is 2.74. The van der Waals surface area contributed by atoms with Crippen LogP contribution in [0.3, 0.4) is 0 Å². The molecule has 0 amide bonds. The minimum atomic E-state index is -0.0648. The molecule has 5 nitrogen and oxygen atoms in total. The Kier molecular flexibility index (Phi) is 3.26. The minimum absolute atomic E-state index is 0.0648. The zero-order valence-corrected chi connectivity index (χ0v) is 8.37. The second-order valence-electron chi connectivity index (χ2n) is 3.40. The highest BCUT2D eigenvalue weighted by Gasteiger charge is 2.08. The molecule has 80 valence electrons. The van der Waals surface area contributed by atoms with Crippen LogP contribution in [0.25, 0.3) is 5.78 Å². The first-order valence-corrected chi connectivity index (χ1v) is 4.99.